The van der Waals surface area contributed by atoms with E-state index < -0.39 is 18.5 Å². The Morgan fingerprint density at radius 1 is 1.06 bits per heavy atom. The molecule has 1 amide bonds. The number of carbonyl (C=O) groups excluding carboxylic acids is 2. The van der Waals surface area contributed by atoms with E-state index in [-0.39, 0.29) is 13.0 Å². The average Bonchev–Trinajstić information content (AvgIpc) is 3.08. The number of benzene rings is 2. The van der Waals surface area contributed by atoms with Crippen LogP contribution in [0.5, 0.6) is 0 Å². The van der Waals surface area contributed by atoms with E-state index >= 15 is 0 Å². The molecule has 7 heteroatoms. The third-order valence-corrected chi connectivity index (χ3v) is 4.92. The van der Waals surface area contributed by atoms with Crippen LogP contribution in [0.3, 0.4) is 0 Å². The van der Waals surface area contributed by atoms with E-state index in [0.29, 0.717) is 22.6 Å². The van der Waals surface area contributed by atoms with Gasteiger partial charge in [-0.25, -0.2) is 9.48 Å². The van der Waals surface area contributed by atoms with Gasteiger partial charge >= 0.3 is 5.97 Å². The van der Waals surface area contributed by atoms with Gasteiger partial charge in [-0.05, 0) is 45.0 Å². The minimum Gasteiger partial charge on any atom is -0.452 e. The van der Waals surface area contributed by atoms with Gasteiger partial charge in [0.2, 0.25) is 0 Å². The summed E-state index contributed by atoms with van der Waals surface area (Å²) >= 11 is 0. The molecule has 1 heterocycles. The lowest BCUT2D eigenvalue weighted by Gasteiger charge is -2.21. The Morgan fingerprint density at radius 2 is 1.74 bits per heavy atom. The Kier molecular flexibility index (Phi) is 6.83. The highest BCUT2D eigenvalue weighted by Gasteiger charge is 2.23. The van der Waals surface area contributed by atoms with E-state index in [9.17, 15) is 9.59 Å². The van der Waals surface area contributed by atoms with Crippen LogP contribution in [-0.2, 0) is 9.53 Å². The lowest BCUT2D eigenvalue weighted by molar-refractivity contribution is -0.121. The number of para-hydroxylation sites is 1. The number of rotatable bonds is 7. The first-order valence-electron chi connectivity index (χ1n) is 9.95. The average molecular weight is 416 g/mol. The lowest BCUT2D eigenvalue weighted by atomic mass is 10.2. The van der Waals surface area contributed by atoms with Crippen LogP contribution >= 0.6 is 0 Å². The fourth-order valence-corrected chi connectivity index (χ4v) is 3.32. The fourth-order valence-electron chi connectivity index (χ4n) is 3.32. The maximum absolute atomic E-state index is 12.8. The highest BCUT2D eigenvalue weighted by molar-refractivity contribution is 5.98. The number of carbonyl (C=O) groups is 2. The predicted octanol–water partition coefficient (Wildman–Crippen LogP) is 3.90. The van der Waals surface area contributed by atoms with Crippen molar-refractivity contribution in [3.8, 4) is 11.8 Å². The first-order valence-corrected chi connectivity index (χ1v) is 9.95. The molecule has 1 aromatic heterocycles. The SMILES string of the molecule is Cc1ccc(N(CCC#N)C(=O)COC(=O)c2c(C)nn(-c3ccccc3)c2C)cc1. The molecule has 31 heavy (non-hydrogen) atoms. The monoisotopic (exact) mass is 416 g/mol. The van der Waals surface area contributed by atoms with Crippen molar-refractivity contribution in [2.75, 3.05) is 18.1 Å². The summed E-state index contributed by atoms with van der Waals surface area (Å²) in [5, 5.41) is 13.4. The normalized spacial score (nSPS) is 10.4. The van der Waals surface area contributed by atoms with Gasteiger partial charge in [0.05, 0.1) is 29.6 Å². The number of hydrogen-bond acceptors (Lipinski definition) is 5. The Balaban J connectivity index is 1.74. The number of nitrogens with zero attached hydrogens (tertiary/aromatic N) is 4. The van der Waals surface area contributed by atoms with Crippen molar-refractivity contribution < 1.29 is 14.3 Å². The van der Waals surface area contributed by atoms with Gasteiger partial charge in [-0.3, -0.25) is 4.79 Å². The molecule has 2 aromatic carbocycles. The minimum absolute atomic E-state index is 0.176. The van der Waals surface area contributed by atoms with Gasteiger partial charge in [0.1, 0.15) is 5.56 Å². The Labute approximate surface area is 181 Å². The third-order valence-electron chi connectivity index (χ3n) is 4.92. The van der Waals surface area contributed by atoms with Crippen molar-refractivity contribution in [2.24, 2.45) is 0 Å². The van der Waals surface area contributed by atoms with Crippen LogP contribution in [0, 0.1) is 32.1 Å². The van der Waals surface area contributed by atoms with E-state index in [4.69, 9.17) is 10.00 Å². The number of amides is 1. The van der Waals surface area contributed by atoms with Gasteiger partial charge in [-0.1, -0.05) is 35.9 Å². The molecule has 0 saturated heterocycles. The van der Waals surface area contributed by atoms with Crippen molar-refractivity contribution in [1.29, 1.82) is 5.26 Å². The van der Waals surface area contributed by atoms with Gasteiger partial charge in [0, 0.05) is 12.2 Å². The second-order valence-electron chi connectivity index (χ2n) is 7.16. The van der Waals surface area contributed by atoms with Crippen LogP contribution in [0.15, 0.2) is 54.6 Å². The largest absolute Gasteiger partial charge is 0.452 e. The molecule has 3 aromatic rings. The first-order chi connectivity index (χ1) is 14.9. The molecule has 0 fully saturated rings. The van der Waals surface area contributed by atoms with Crippen molar-refractivity contribution in [2.45, 2.75) is 27.2 Å². The molecule has 0 aliphatic carbocycles. The molecule has 158 valence electrons. The maximum atomic E-state index is 12.8. The zero-order valence-corrected chi connectivity index (χ0v) is 17.8. The highest BCUT2D eigenvalue weighted by atomic mass is 16.5. The zero-order valence-electron chi connectivity index (χ0n) is 17.8. The van der Waals surface area contributed by atoms with E-state index in [1.807, 2.05) is 67.6 Å². The minimum atomic E-state index is -0.602. The van der Waals surface area contributed by atoms with Crippen molar-refractivity contribution in [1.82, 2.24) is 9.78 Å². The molecule has 0 N–H and O–H groups in total. The number of aromatic nitrogens is 2. The van der Waals surface area contributed by atoms with Gasteiger partial charge in [0.25, 0.3) is 5.91 Å². The molecule has 0 aliphatic rings. The molecule has 0 aliphatic heterocycles. The summed E-state index contributed by atoms with van der Waals surface area (Å²) in [5.74, 6) is -0.993. The van der Waals surface area contributed by atoms with E-state index in [1.165, 1.54) is 4.90 Å². The van der Waals surface area contributed by atoms with Crippen molar-refractivity contribution in [3.63, 3.8) is 0 Å². The number of esters is 1. The number of hydrogen-bond donors (Lipinski definition) is 0. The molecule has 3 rings (SSSR count). The molecule has 0 saturated carbocycles. The summed E-state index contributed by atoms with van der Waals surface area (Å²) in [7, 11) is 0. The number of anilines is 1. The first kappa shape index (κ1) is 21.8. The van der Waals surface area contributed by atoms with E-state index in [0.717, 1.165) is 11.3 Å². The van der Waals surface area contributed by atoms with Gasteiger partial charge < -0.3 is 9.64 Å². The summed E-state index contributed by atoms with van der Waals surface area (Å²) in [4.78, 5) is 27.0. The molecule has 0 bridgehead atoms. The fraction of sp³-hybridized carbons (Fsp3) is 0.250. The van der Waals surface area contributed by atoms with Crippen LogP contribution in [0.25, 0.3) is 5.69 Å². The number of aryl methyl sites for hydroxylation is 2. The standard InChI is InChI=1S/C24H24N4O3/c1-17-10-12-20(13-11-17)27(15-7-14-25)22(29)16-31-24(30)23-18(2)26-28(19(23)3)21-8-5-4-6-9-21/h4-6,8-13H,7,15-16H2,1-3H3. The molecule has 0 unspecified atom stereocenters. The van der Waals surface area contributed by atoms with Gasteiger partial charge in [0.15, 0.2) is 6.61 Å². The quantitative estimate of drug-likeness (QED) is 0.545. The maximum Gasteiger partial charge on any atom is 0.342 e. The molecular weight excluding hydrogens is 392 g/mol. The predicted molar refractivity (Wildman–Crippen MR) is 117 cm³/mol. The third kappa shape index (κ3) is 4.98. The van der Waals surface area contributed by atoms with Gasteiger partial charge in [-0.15, -0.1) is 0 Å². The highest BCUT2D eigenvalue weighted by Crippen LogP contribution is 2.20. The van der Waals surface area contributed by atoms with Crippen molar-refractivity contribution >= 4 is 17.6 Å². The topological polar surface area (TPSA) is 88.2 Å². The molecule has 0 radical (unpaired) electrons. The van der Waals surface area contributed by atoms with Crippen LogP contribution in [0.1, 0.15) is 33.7 Å². The number of ether oxygens (including phenoxy) is 1. The van der Waals surface area contributed by atoms with Crippen molar-refractivity contribution in [3.05, 3.63) is 77.1 Å². The molecule has 7 nitrogen and oxygen atoms in total. The van der Waals surface area contributed by atoms with E-state index in [1.54, 1.807) is 18.5 Å². The summed E-state index contributed by atoms with van der Waals surface area (Å²) in [6.07, 6.45) is 0.176. The summed E-state index contributed by atoms with van der Waals surface area (Å²) in [6, 6.07) is 18.9. The van der Waals surface area contributed by atoms with Crippen LogP contribution in [0.2, 0.25) is 0 Å². The molecule has 0 atom stereocenters. The second kappa shape index (κ2) is 9.72. The van der Waals surface area contributed by atoms with Crippen LogP contribution in [-0.4, -0.2) is 34.8 Å². The summed E-state index contributed by atoms with van der Waals surface area (Å²) in [6.45, 7) is 5.27. The van der Waals surface area contributed by atoms with Crippen LogP contribution < -0.4 is 4.90 Å². The number of nitriles is 1. The second-order valence-corrected chi connectivity index (χ2v) is 7.16. The summed E-state index contributed by atoms with van der Waals surface area (Å²) < 4.78 is 7.02. The van der Waals surface area contributed by atoms with Gasteiger partial charge in [-0.2, -0.15) is 10.4 Å². The van der Waals surface area contributed by atoms with E-state index in [2.05, 4.69) is 5.10 Å². The zero-order chi connectivity index (χ0) is 22.4. The lowest BCUT2D eigenvalue weighted by Crippen LogP contribution is -2.35. The summed E-state index contributed by atoms with van der Waals surface area (Å²) in [5.41, 5.74) is 4.06. The Hall–Kier alpha value is -3.92. The smallest absolute Gasteiger partial charge is 0.342 e. The Bertz CT molecular complexity index is 1110. The molecule has 0 spiro atoms. The molecular formula is C24H24N4O3. The Morgan fingerprint density at radius 3 is 2.39 bits per heavy atom. The van der Waals surface area contributed by atoms with Crippen LogP contribution in [0.4, 0.5) is 5.69 Å².